The lowest BCUT2D eigenvalue weighted by Crippen LogP contribution is -2.21. The molecule has 0 amide bonds. The summed E-state index contributed by atoms with van der Waals surface area (Å²) in [4.78, 5) is 7.26. The Bertz CT molecular complexity index is 421. The van der Waals surface area contributed by atoms with E-state index in [1.807, 2.05) is 18.5 Å². The van der Waals surface area contributed by atoms with Gasteiger partial charge >= 0.3 is 0 Å². The maximum Gasteiger partial charge on any atom is 0.223 e. The topological polar surface area (TPSA) is 66.7 Å². The van der Waals surface area contributed by atoms with Crippen LogP contribution in [0.4, 0.5) is 0 Å². The van der Waals surface area contributed by atoms with E-state index >= 15 is 0 Å². The van der Waals surface area contributed by atoms with Gasteiger partial charge in [-0.3, -0.25) is 0 Å². The first kappa shape index (κ1) is 10.9. The summed E-state index contributed by atoms with van der Waals surface area (Å²) in [5.74, 6) is 1.34. The van der Waals surface area contributed by atoms with Gasteiger partial charge in [0.2, 0.25) is 5.89 Å². The molecule has 2 N–H and O–H groups in total. The summed E-state index contributed by atoms with van der Waals surface area (Å²) < 4.78 is 4.98. The zero-order valence-corrected chi connectivity index (χ0v) is 9.53. The van der Waals surface area contributed by atoms with Crippen molar-refractivity contribution < 1.29 is 4.52 Å². The molecular weight excluding hydrogens is 204 g/mol. The van der Waals surface area contributed by atoms with Gasteiger partial charge in [-0.05, 0) is 18.1 Å². The quantitative estimate of drug-likeness (QED) is 0.808. The van der Waals surface area contributed by atoms with Crippen LogP contribution in [0.15, 0.2) is 23.0 Å². The van der Waals surface area contributed by atoms with Crippen LogP contribution in [0.1, 0.15) is 36.7 Å². The average Bonchev–Trinajstić information content (AvgIpc) is 2.91. The first-order chi connectivity index (χ1) is 7.79. The number of nitrogens with zero attached hydrogens (tertiary/aromatic N) is 2. The van der Waals surface area contributed by atoms with Crippen molar-refractivity contribution in [3.63, 3.8) is 0 Å². The molecule has 1 unspecified atom stereocenters. The number of aromatic nitrogens is 3. The Morgan fingerprint density at radius 3 is 3.00 bits per heavy atom. The van der Waals surface area contributed by atoms with Crippen LogP contribution in [0, 0.1) is 6.92 Å². The van der Waals surface area contributed by atoms with Crippen molar-refractivity contribution in [2.75, 3.05) is 0 Å². The maximum atomic E-state index is 4.98. The van der Waals surface area contributed by atoms with Crippen LogP contribution >= 0.6 is 0 Å². The third-order valence-electron chi connectivity index (χ3n) is 2.48. The highest BCUT2D eigenvalue weighted by atomic mass is 16.5. The summed E-state index contributed by atoms with van der Waals surface area (Å²) in [6.07, 6.45) is 4.82. The van der Waals surface area contributed by atoms with Crippen LogP contribution in [0.25, 0.3) is 0 Å². The first-order valence-electron chi connectivity index (χ1n) is 5.45. The highest BCUT2D eigenvalue weighted by Crippen LogP contribution is 2.13. The van der Waals surface area contributed by atoms with Crippen molar-refractivity contribution in [3.05, 3.63) is 35.7 Å². The van der Waals surface area contributed by atoms with Gasteiger partial charge in [0, 0.05) is 25.9 Å². The highest BCUT2D eigenvalue weighted by Gasteiger charge is 2.14. The predicted octanol–water partition coefficient (Wildman–Crippen LogP) is 1.95. The Labute approximate surface area is 94.3 Å². The number of rotatable bonds is 5. The fourth-order valence-electron chi connectivity index (χ4n) is 1.58. The number of aryl methyl sites for hydroxylation is 1. The van der Waals surface area contributed by atoms with Gasteiger partial charge in [-0.1, -0.05) is 12.1 Å². The Balaban J connectivity index is 1.96. The van der Waals surface area contributed by atoms with Crippen LogP contribution in [-0.4, -0.2) is 15.1 Å². The minimum atomic E-state index is 0.146. The molecule has 0 aliphatic rings. The molecule has 5 heteroatoms. The molecule has 2 rings (SSSR count). The van der Waals surface area contributed by atoms with E-state index in [-0.39, 0.29) is 6.04 Å². The first-order valence-corrected chi connectivity index (χ1v) is 5.45. The van der Waals surface area contributed by atoms with Crippen LogP contribution < -0.4 is 5.32 Å². The molecule has 0 saturated carbocycles. The molecule has 0 aromatic carbocycles. The molecule has 2 aromatic heterocycles. The van der Waals surface area contributed by atoms with E-state index < -0.39 is 0 Å². The van der Waals surface area contributed by atoms with Crippen molar-refractivity contribution >= 4 is 0 Å². The molecule has 16 heavy (non-hydrogen) atoms. The number of hydrogen-bond donors (Lipinski definition) is 2. The van der Waals surface area contributed by atoms with Crippen molar-refractivity contribution in [1.82, 2.24) is 20.4 Å². The summed E-state index contributed by atoms with van der Waals surface area (Å²) in [5.41, 5.74) is 1.22. The van der Waals surface area contributed by atoms with E-state index in [2.05, 4.69) is 27.4 Å². The highest BCUT2D eigenvalue weighted by molar-refractivity contribution is 5.08. The van der Waals surface area contributed by atoms with Crippen molar-refractivity contribution in [2.24, 2.45) is 0 Å². The van der Waals surface area contributed by atoms with E-state index in [1.165, 1.54) is 5.56 Å². The third-order valence-corrected chi connectivity index (χ3v) is 2.48. The molecule has 2 heterocycles. The molecule has 5 nitrogen and oxygen atoms in total. The molecule has 2 aromatic rings. The van der Waals surface area contributed by atoms with E-state index in [0.29, 0.717) is 5.89 Å². The van der Waals surface area contributed by atoms with Gasteiger partial charge in [-0.25, -0.2) is 0 Å². The number of nitrogens with one attached hydrogen (secondary N) is 2. The summed E-state index contributed by atoms with van der Waals surface area (Å²) in [5, 5.41) is 7.33. The summed E-state index contributed by atoms with van der Waals surface area (Å²) in [6.45, 7) is 4.70. The molecule has 0 bridgehead atoms. The SMILES string of the molecule is CCC(NCc1cc[nH]c1)c1noc(C)n1. The summed E-state index contributed by atoms with van der Waals surface area (Å²) in [6, 6.07) is 2.19. The Kier molecular flexibility index (Phi) is 3.36. The second-order valence-corrected chi connectivity index (χ2v) is 3.73. The molecule has 1 atom stereocenters. The van der Waals surface area contributed by atoms with Crippen LogP contribution in [0.2, 0.25) is 0 Å². The zero-order valence-electron chi connectivity index (χ0n) is 9.53. The molecule has 86 valence electrons. The van der Waals surface area contributed by atoms with Crippen molar-refractivity contribution in [1.29, 1.82) is 0 Å². The molecule has 0 fully saturated rings. The van der Waals surface area contributed by atoms with Gasteiger partial charge in [0.05, 0.1) is 6.04 Å². The van der Waals surface area contributed by atoms with Crippen LogP contribution in [0.3, 0.4) is 0 Å². The van der Waals surface area contributed by atoms with Gasteiger partial charge in [0.25, 0.3) is 0 Å². The van der Waals surface area contributed by atoms with Crippen molar-refractivity contribution in [2.45, 2.75) is 32.9 Å². The zero-order chi connectivity index (χ0) is 11.4. The van der Waals surface area contributed by atoms with E-state index in [1.54, 1.807) is 6.92 Å². The molecule has 0 radical (unpaired) electrons. The standard InChI is InChI=1S/C11H16N4O/c1-3-10(11-14-8(2)16-15-11)13-7-9-4-5-12-6-9/h4-6,10,12-13H,3,7H2,1-2H3. The largest absolute Gasteiger partial charge is 0.367 e. The van der Waals surface area contributed by atoms with Gasteiger partial charge in [0.15, 0.2) is 5.82 Å². The fraction of sp³-hybridized carbons (Fsp3) is 0.455. The van der Waals surface area contributed by atoms with Gasteiger partial charge in [-0.2, -0.15) is 4.98 Å². The summed E-state index contributed by atoms with van der Waals surface area (Å²) in [7, 11) is 0. The van der Waals surface area contributed by atoms with E-state index in [4.69, 9.17) is 4.52 Å². The molecule has 0 aliphatic carbocycles. The van der Waals surface area contributed by atoms with Crippen molar-refractivity contribution in [3.8, 4) is 0 Å². The lowest BCUT2D eigenvalue weighted by atomic mass is 10.2. The van der Waals surface area contributed by atoms with Gasteiger partial charge in [-0.15, -0.1) is 0 Å². The van der Waals surface area contributed by atoms with E-state index in [0.717, 1.165) is 18.8 Å². The summed E-state index contributed by atoms with van der Waals surface area (Å²) >= 11 is 0. The van der Waals surface area contributed by atoms with Crippen LogP contribution in [0.5, 0.6) is 0 Å². The fourth-order valence-corrected chi connectivity index (χ4v) is 1.58. The van der Waals surface area contributed by atoms with Crippen LogP contribution in [-0.2, 0) is 6.54 Å². The Morgan fingerprint density at radius 1 is 1.56 bits per heavy atom. The van der Waals surface area contributed by atoms with Gasteiger partial charge in [0.1, 0.15) is 0 Å². The minimum Gasteiger partial charge on any atom is -0.367 e. The lowest BCUT2D eigenvalue weighted by Gasteiger charge is -2.11. The molecular formula is C11H16N4O. The Hall–Kier alpha value is -1.62. The van der Waals surface area contributed by atoms with Gasteiger partial charge < -0.3 is 14.8 Å². The minimum absolute atomic E-state index is 0.146. The third kappa shape index (κ3) is 2.49. The number of H-pyrrole nitrogens is 1. The normalized spacial score (nSPS) is 12.9. The molecule has 0 spiro atoms. The Morgan fingerprint density at radius 2 is 2.44 bits per heavy atom. The number of hydrogen-bond acceptors (Lipinski definition) is 4. The second kappa shape index (κ2) is 4.94. The van der Waals surface area contributed by atoms with E-state index in [9.17, 15) is 0 Å². The molecule has 0 saturated heterocycles. The predicted molar refractivity (Wildman–Crippen MR) is 59.7 cm³/mol. The maximum absolute atomic E-state index is 4.98. The average molecular weight is 220 g/mol. The smallest absolute Gasteiger partial charge is 0.223 e. The molecule has 0 aliphatic heterocycles. The number of aromatic amines is 1. The monoisotopic (exact) mass is 220 g/mol. The lowest BCUT2D eigenvalue weighted by molar-refractivity contribution is 0.374. The second-order valence-electron chi connectivity index (χ2n) is 3.73.